The second-order valence-electron chi connectivity index (χ2n) is 9.69. The standard InChI is InChI=1S/C30H33N5O5/c1-2-39-27-17-22(14-15-26(27)36)29(30(38)31-18-23-11-8-16-40-23)34(19-21-9-4-3-5-10-21)28(37)20-35-25-13-7-6-12-24(25)32-33-35/h3-7,9-10,12-15,17,23,29,36H,2,8,11,16,18-20H2,1H3,(H,31,38)/t23-,29-/m0/s1. The Bertz CT molecular complexity index is 1450. The minimum absolute atomic E-state index is 0.0425. The zero-order chi connectivity index (χ0) is 27.9. The first kappa shape index (κ1) is 27.1. The Morgan fingerprint density at radius 3 is 2.73 bits per heavy atom. The number of amides is 2. The summed E-state index contributed by atoms with van der Waals surface area (Å²) in [6.07, 6.45) is 1.75. The molecule has 4 aromatic rings. The maximum absolute atomic E-state index is 14.1. The highest BCUT2D eigenvalue weighted by Gasteiger charge is 2.33. The predicted molar refractivity (Wildman–Crippen MR) is 149 cm³/mol. The highest BCUT2D eigenvalue weighted by molar-refractivity contribution is 5.89. The number of carbonyl (C=O) groups is 2. The lowest BCUT2D eigenvalue weighted by atomic mass is 10.0. The summed E-state index contributed by atoms with van der Waals surface area (Å²) in [6, 6.07) is 20.6. The zero-order valence-electron chi connectivity index (χ0n) is 22.4. The molecular formula is C30H33N5O5. The largest absolute Gasteiger partial charge is 0.504 e. The zero-order valence-corrected chi connectivity index (χ0v) is 22.4. The Morgan fingerprint density at radius 2 is 1.95 bits per heavy atom. The number of benzene rings is 3. The van der Waals surface area contributed by atoms with Crippen LogP contribution in [0.4, 0.5) is 0 Å². The van der Waals surface area contributed by atoms with Gasteiger partial charge in [0.1, 0.15) is 18.1 Å². The van der Waals surface area contributed by atoms with Gasteiger partial charge in [0, 0.05) is 19.7 Å². The molecular weight excluding hydrogens is 510 g/mol. The Hall–Kier alpha value is -4.44. The Balaban J connectivity index is 1.52. The number of ether oxygens (including phenoxy) is 2. The Morgan fingerprint density at radius 1 is 1.15 bits per heavy atom. The normalized spacial score (nSPS) is 15.6. The van der Waals surface area contributed by atoms with Crippen LogP contribution in [-0.4, -0.2) is 62.7 Å². The lowest BCUT2D eigenvalue weighted by Gasteiger charge is -2.32. The van der Waals surface area contributed by atoms with Crippen molar-refractivity contribution in [1.82, 2.24) is 25.2 Å². The molecule has 0 bridgehead atoms. The van der Waals surface area contributed by atoms with Crippen LogP contribution in [0.3, 0.4) is 0 Å². The second kappa shape index (κ2) is 12.6. The number of nitrogens with zero attached hydrogens (tertiary/aromatic N) is 4. The number of carbonyl (C=O) groups excluding carboxylic acids is 2. The van der Waals surface area contributed by atoms with E-state index in [1.54, 1.807) is 21.7 Å². The van der Waals surface area contributed by atoms with E-state index in [2.05, 4.69) is 15.6 Å². The first-order valence-corrected chi connectivity index (χ1v) is 13.5. The van der Waals surface area contributed by atoms with E-state index in [0.29, 0.717) is 30.8 Å². The fraction of sp³-hybridized carbons (Fsp3) is 0.333. The van der Waals surface area contributed by atoms with Crippen LogP contribution in [0.5, 0.6) is 11.5 Å². The number of phenolic OH excluding ortho intramolecular Hbond substituents is 1. The topological polar surface area (TPSA) is 119 Å². The molecule has 2 N–H and O–H groups in total. The summed E-state index contributed by atoms with van der Waals surface area (Å²) in [5.41, 5.74) is 2.77. The third-order valence-electron chi connectivity index (χ3n) is 6.91. The fourth-order valence-corrected chi connectivity index (χ4v) is 4.92. The van der Waals surface area contributed by atoms with Gasteiger partial charge in [-0.1, -0.05) is 53.7 Å². The molecule has 5 rings (SSSR count). The summed E-state index contributed by atoms with van der Waals surface area (Å²) in [5, 5.41) is 21.7. The number of para-hydroxylation sites is 1. The van der Waals surface area contributed by atoms with Gasteiger partial charge in [-0.3, -0.25) is 9.59 Å². The highest BCUT2D eigenvalue weighted by Crippen LogP contribution is 2.33. The molecule has 2 atom stereocenters. The SMILES string of the molecule is CCOc1cc([C@@H](C(=O)NC[C@@H]2CCCO2)N(Cc2ccccc2)C(=O)Cn2nnc3ccccc32)ccc1O. The molecule has 0 saturated carbocycles. The van der Waals surface area contributed by atoms with Crippen molar-refractivity contribution < 1.29 is 24.2 Å². The summed E-state index contributed by atoms with van der Waals surface area (Å²) in [7, 11) is 0. The summed E-state index contributed by atoms with van der Waals surface area (Å²) in [4.78, 5) is 29.5. The molecule has 0 unspecified atom stereocenters. The van der Waals surface area contributed by atoms with E-state index in [4.69, 9.17) is 9.47 Å². The van der Waals surface area contributed by atoms with Crippen molar-refractivity contribution in [2.45, 2.75) is 45.0 Å². The van der Waals surface area contributed by atoms with Crippen molar-refractivity contribution in [3.05, 3.63) is 83.9 Å². The second-order valence-corrected chi connectivity index (χ2v) is 9.69. The van der Waals surface area contributed by atoms with Crippen molar-refractivity contribution in [3.63, 3.8) is 0 Å². The molecule has 10 heteroatoms. The van der Waals surface area contributed by atoms with Crippen LogP contribution in [0.2, 0.25) is 0 Å². The summed E-state index contributed by atoms with van der Waals surface area (Å²) >= 11 is 0. The number of nitrogens with one attached hydrogen (secondary N) is 1. The molecule has 0 radical (unpaired) electrons. The maximum atomic E-state index is 14.1. The quantitative estimate of drug-likeness (QED) is 0.297. The van der Waals surface area contributed by atoms with Crippen LogP contribution >= 0.6 is 0 Å². The summed E-state index contributed by atoms with van der Waals surface area (Å²) in [6.45, 7) is 3.22. The van der Waals surface area contributed by atoms with Crippen LogP contribution < -0.4 is 10.1 Å². The van der Waals surface area contributed by atoms with Gasteiger partial charge in [0.25, 0.3) is 0 Å². The van der Waals surface area contributed by atoms with Crippen LogP contribution in [0.1, 0.15) is 36.9 Å². The van der Waals surface area contributed by atoms with Crippen molar-refractivity contribution in [3.8, 4) is 11.5 Å². The third-order valence-corrected chi connectivity index (χ3v) is 6.91. The summed E-state index contributed by atoms with van der Waals surface area (Å²) < 4.78 is 12.9. The lowest BCUT2D eigenvalue weighted by Crippen LogP contribution is -2.46. The number of aromatic hydroxyl groups is 1. The number of aromatic nitrogens is 3. The van der Waals surface area contributed by atoms with Gasteiger partial charge in [0.2, 0.25) is 11.8 Å². The number of hydrogen-bond donors (Lipinski definition) is 2. The van der Waals surface area contributed by atoms with E-state index in [0.717, 1.165) is 23.9 Å². The van der Waals surface area contributed by atoms with E-state index in [-0.39, 0.29) is 42.5 Å². The molecule has 1 aliphatic heterocycles. The Kier molecular flexibility index (Phi) is 8.56. The maximum Gasteiger partial charge on any atom is 0.247 e. The van der Waals surface area contributed by atoms with Crippen LogP contribution in [0.25, 0.3) is 11.0 Å². The molecule has 1 aromatic heterocycles. The first-order chi connectivity index (χ1) is 19.5. The minimum Gasteiger partial charge on any atom is -0.504 e. The minimum atomic E-state index is -1.01. The van der Waals surface area contributed by atoms with Gasteiger partial charge >= 0.3 is 0 Å². The average Bonchev–Trinajstić information content (AvgIpc) is 3.64. The van der Waals surface area contributed by atoms with Crippen LogP contribution in [-0.2, 0) is 27.4 Å². The van der Waals surface area contributed by atoms with Crippen molar-refractivity contribution in [1.29, 1.82) is 0 Å². The molecule has 2 heterocycles. The number of rotatable bonds is 11. The van der Waals surface area contributed by atoms with Crippen LogP contribution in [0.15, 0.2) is 72.8 Å². The van der Waals surface area contributed by atoms with Crippen molar-refractivity contribution in [2.24, 2.45) is 0 Å². The summed E-state index contributed by atoms with van der Waals surface area (Å²) in [5.74, 6) is -0.468. The molecule has 0 aliphatic carbocycles. The molecule has 208 valence electrons. The van der Waals surface area contributed by atoms with Crippen LogP contribution in [0, 0.1) is 0 Å². The van der Waals surface area contributed by atoms with E-state index < -0.39 is 6.04 Å². The van der Waals surface area contributed by atoms with Crippen molar-refractivity contribution >= 4 is 22.8 Å². The van der Waals surface area contributed by atoms with E-state index >= 15 is 0 Å². The molecule has 2 amide bonds. The monoisotopic (exact) mass is 543 g/mol. The number of hydrogen-bond acceptors (Lipinski definition) is 7. The smallest absolute Gasteiger partial charge is 0.247 e. The van der Waals surface area contributed by atoms with E-state index in [9.17, 15) is 14.7 Å². The molecule has 1 fully saturated rings. The number of phenols is 1. The predicted octanol–water partition coefficient (Wildman–Crippen LogP) is 3.60. The average molecular weight is 544 g/mol. The molecule has 10 nitrogen and oxygen atoms in total. The van der Waals surface area contributed by atoms with Crippen molar-refractivity contribution in [2.75, 3.05) is 19.8 Å². The fourth-order valence-electron chi connectivity index (χ4n) is 4.92. The van der Waals surface area contributed by atoms with Gasteiger partial charge in [0.15, 0.2) is 11.5 Å². The van der Waals surface area contributed by atoms with E-state index in [1.807, 2.05) is 61.5 Å². The first-order valence-electron chi connectivity index (χ1n) is 13.5. The highest BCUT2D eigenvalue weighted by atomic mass is 16.5. The van der Waals surface area contributed by atoms with Gasteiger partial charge in [-0.05, 0) is 55.2 Å². The molecule has 3 aromatic carbocycles. The van der Waals surface area contributed by atoms with E-state index in [1.165, 1.54) is 6.07 Å². The van der Waals surface area contributed by atoms with Gasteiger partial charge in [-0.25, -0.2) is 4.68 Å². The van der Waals surface area contributed by atoms with Gasteiger partial charge in [0.05, 0.1) is 18.2 Å². The van der Waals surface area contributed by atoms with Gasteiger partial charge < -0.3 is 24.8 Å². The number of fused-ring (bicyclic) bond motifs is 1. The third kappa shape index (κ3) is 6.23. The van der Waals surface area contributed by atoms with Gasteiger partial charge in [-0.2, -0.15) is 0 Å². The van der Waals surface area contributed by atoms with Gasteiger partial charge in [-0.15, -0.1) is 5.10 Å². The molecule has 1 saturated heterocycles. The molecule has 40 heavy (non-hydrogen) atoms. The molecule has 1 aliphatic rings. The Labute approximate surface area is 232 Å². The molecule has 0 spiro atoms. The lowest BCUT2D eigenvalue weighted by molar-refractivity contribution is -0.142.